The number of halogens is 3. The molecule has 1 unspecified atom stereocenters. The SMILES string of the molecule is CCc1cccc2c(C(CC(=O)NCc3ccccc3)c3ccccc3C(F)(F)F)c[nH]c12. The van der Waals surface area contributed by atoms with E-state index in [1.165, 1.54) is 12.1 Å². The van der Waals surface area contributed by atoms with Gasteiger partial charge >= 0.3 is 6.18 Å². The van der Waals surface area contributed by atoms with E-state index < -0.39 is 17.7 Å². The Bertz CT molecular complexity index is 1250. The zero-order valence-electron chi connectivity index (χ0n) is 18.2. The summed E-state index contributed by atoms with van der Waals surface area (Å²) in [5, 5.41) is 3.70. The van der Waals surface area contributed by atoms with Gasteiger partial charge in [-0.15, -0.1) is 0 Å². The van der Waals surface area contributed by atoms with Crippen LogP contribution in [0.15, 0.2) is 79.0 Å². The fourth-order valence-corrected chi connectivity index (χ4v) is 4.32. The predicted octanol–water partition coefficient (Wildman–Crippen LogP) is 6.59. The molecule has 6 heteroatoms. The van der Waals surface area contributed by atoms with E-state index in [1.807, 2.05) is 55.5 Å². The van der Waals surface area contributed by atoms with E-state index in [4.69, 9.17) is 0 Å². The number of para-hydroxylation sites is 1. The number of fused-ring (bicyclic) bond motifs is 1. The van der Waals surface area contributed by atoms with Gasteiger partial charge in [-0.2, -0.15) is 13.2 Å². The van der Waals surface area contributed by atoms with Crippen LogP contribution in [0.25, 0.3) is 10.9 Å². The Balaban J connectivity index is 1.73. The van der Waals surface area contributed by atoms with Gasteiger partial charge in [0.15, 0.2) is 0 Å². The Morgan fingerprint density at radius 3 is 2.39 bits per heavy atom. The molecule has 0 spiro atoms. The molecule has 0 fully saturated rings. The summed E-state index contributed by atoms with van der Waals surface area (Å²) in [4.78, 5) is 16.1. The maximum absolute atomic E-state index is 13.9. The Labute approximate surface area is 190 Å². The molecule has 1 aromatic heterocycles. The lowest BCUT2D eigenvalue weighted by Gasteiger charge is -2.22. The van der Waals surface area contributed by atoms with E-state index in [0.29, 0.717) is 12.1 Å². The number of nitrogens with one attached hydrogen (secondary N) is 2. The van der Waals surface area contributed by atoms with Gasteiger partial charge in [-0.25, -0.2) is 0 Å². The summed E-state index contributed by atoms with van der Waals surface area (Å²) in [5.74, 6) is -1.05. The number of hydrogen-bond acceptors (Lipinski definition) is 1. The lowest BCUT2D eigenvalue weighted by atomic mass is 9.84. The van der Waals surface area contributed by atoms with Crippen molar-refractivity contribution in [1.82, 2.24) is 10.3 Å². The van der Waals surface area contributed by atoms with Crippen LogP contribution in [0.2, 0.25) is 0 Å². The third-order valence-electron chi connectivity index (χ3n) is 5.95. The molecule has 170 valence electrons. The van der Waals surface area contributed by atoms with Crippen LogP contribution in [-0.2, 0) is 23.9 Å². The average molecular weight is 451 g/mol. The number of carbonyl (C=O) groups is 1. The van der Waals surface area contributed by atoms with E-state index >= 15 is 0 Å². The molecule has 0 aliphatic carbocycles. The molecule has 3 nitrogen and oxygen atoms in total. The van der Waals surface area contributed by atoms with E-state index in [9.17, 15) is 18.0 Å². The number of alkyl halides is 3. The summed E-state index contributed by atoms with van der Waals surface area (Å²) in [7, 11) is 0. The molecule has 0 aliphatic heterocycles. The monoisotopic (exact) mass is 450 g/mol. The van der Waals surface area contributed by atoms with Gasteiger partial charge in [-0.3, -0.25) is 4.79 Å². The predicted molar refractivity (Wildman–Crippen MR) is 124 cm³/mol. The second kappa shape index (κ2) is 9.53. The van der Waals surface area contributed by atoms with Crippen molar-refractivity contribution in [3.8, 4) is 0 Å². The Morgan fingerprint density at radius 1 is 0.939 bits per heavy atom. The highest BCUT2D eigenvalue weighted by atomic mass is 19.4. The maximum Gasteiger partial charge on any atom is 0.416 e. The lowest BCUT2D eigenvalue weighted by Crippen LogP contribution is -2.25. The van der Waals surface area contributed by atoms with Crippen molar-refractivity contribution in [2.24, 2.45) is 0 Å². The van der Waals surface area contributed by atoms with Crippen LogP contribution in [0.4, 0.5) is 13.2 Å². The normalized spacial score (nSPS) is 12.6. The van der Waals surface area contributed by atoms with Crippen molar-refractivity contribution in [3.05, 3.63) is 107 Å². The summed E-state index contributed by atoms with van der Waals surface area (Å²) in [6.45, 7) is 2.35. The van der Waals surface area contributed by atoms with E-state index in [2.05, 4.69) is 10.3 Å². The van der Waals surface area contributed by atoms with Gasteiger partial charge < -0.3 is 10.3 Å². The highest BCUT2D eigenvalue weighted by Crippen LogP contribution is 2.41. The first-order valence-corrected chi connectivity index (χ1v) is 10.9. The average Bonchev–Trinajstić information content (AvgIpc) is 3.25. The number of amides is 1. The number of aryl methyl sites for hydroxylation is 1. The number of carbonyl (C=O) groups excluding carboxylic acids is 1. The summed E-state index contributed by atoms with van der Waals surface area (Å²) >= 11 is 0. The Hall–Kier alpha value is -3.54. The summed E-state index contributed by atoms with van der Waals surface area (Å²) in [6, 6.07) is 20.7. The standard InChI is InChI=1S/C27H25F3N2O/c1-2-19-11-8-13-21-23(17-32-26(19)21)22(20-12-6-7-14-24(20)27(28,29)30)15-25(33)31-16-18-9-4-3-5-10-18/h3-14,17,22,32H,2,15-16H2,1H3,(H,31,33). The molecule has 1 amide bonds. The van der Waals surface area contributed by atoms with Crippen molar-refractivity contribution in [1.29, 1.82) is 0 Å². The van der Waals surface area contributed by atoms with E-state index in [0.717, 1.165) is 34.5 Å². The zero-order valence-corrected chi connectivity index (χ0v) is 18.2. The van der Waals surface area contributed by atoms with Gasteiger partial charge in [0.1, 0.15) is 0 Å². The Kier molecular flexibility index (Phi) is 6.54. The first kappa shape index (κ1) is 22.6. The number of H-pyrrole nitrogens is 1. The largest absolute Gasteiger partial charge is 0.416 e. The molecule has 0 radical (unpaired) electrons. The molecule has 4 rings (SSSR count). The number of benzene rings is 3. The van der Waals surface area contributed by atoms with Crippen molar-refractivity contribution >= 4 is 16.8 Å². The first-order chi connectivity index (χ1) is 15.9. The highest BCUT2D eigenvalue weighted by molar-refractivity contribution is 5.88. The lowest BCUT2D eigenvalue weighted by molar-refractivity contribution is -0.138. The third kappa shape index (κ3) is 4.95. The minimum atomic E-state index is -4.52. The smallest absolute Gasteiger partial charge is 0.361 e. The maximum atomic E-state index is 13.9. The molecular formula is C27H25F3N2O. The van der Waals surface area contributed by atoms with E-state index in [1.54, 1.807) is 12.3 Å². The number of aromatic amines is 1. The van der Waals surface area contributed by atoms with Crippen LogP contribution in [0.5, 0.6) is 0 Å². The number of aromatic nitrogens is 1. The molecule has 33 heavy (non-hydrogen) atoms. The summed E-state index contributed by atoms with van der Waals surface area (Å²) < 4.78 is 41.6. The highest BCUT2D eigenvalue weighted by Gasteiger charge is 2.36. The number of rotatable bonds is 7. The quantitative estimate of drug-likeness (QED) is 0.328. The third-order valence-corrected chi connectivity index (χ3v) is 5.95. The van der Waals surface area contributed by atoms with Crippen LogP contribution < -0.4 is 5.32 Å². The minimum absolute atomic E-state index is 0.0940. The molecule has 4 aromatic rings. The summed E-state index contributed by atoms with van der Waals surface area (Å²) in [6.07, 6.45) is -2.08. The van der Waals surface area contributed by atoms with Crippen LogP contribution in [0, 0.1) is 0 Å². The fourth-order valence-electron chi connectivity index (χ4n) is 4.32. The molecule has 0 saturated carbocycles. The molecule has 0 bridgehead atoms. The zero-order chi connectivity index (χ0) is 23.4. The van der Waals surface area contributed by atoms with Crippen LogP contribution in [-0.4, -0.2) is 10.9 Å². The molecule has 2 N–H and O–H groups in total. The van der Waals surface area contributed by atoms with Crippen molar-refractivity contribution < 1.29 is 18.0 Å². The molecular weight excluding hydrogens is 425 g/mol. The Morgan fingerprint density at radius 2 is 1.67 bits per heavy atom. The topological polar surface area (TPSA) is 44.9 Å². The summed E-state index contributed by atoms with van der Waals surface area (Å²) in [5.41, 5.74) is 2.98. The van der Waals surface area contributed by atoms with Gasteiger partial charge in [0, 0.05) is 36.0 Å². The van der Waals surface area contributed by atoms with Crippen LogP contribution in [0.1, 0.15) is 47.1 Å². The van der Waals surface area contributed by atoms with Crippen molar-refractivity contribution in [2.45, 2.75) is 38.4 Å². The van der Waals surface area contributed by atoms with Gasteiger partial charge in [0.05, 0.1) is 5.56 Å². The second-order valence-corrected chi connectivity index (χ2v) is 8.04. The van der Waals surface area contributed by atoms with Crippen molar-refractivity contribution in [3.63, 3.8) is 0 Å². The van der Waals surface area contributed by atoms with Gasteiger partial charge in [-0.05, 0) is 34.7 Å². The van der Waals surface area contributed by atoms with Gasteiger partial charge in [-0.1, -0.05) is 73.7 Å². The molecule has 1 heterocycles. The molecule has 3 aromatic carbocycles. The van der Waals surface area contributed by atoms with E-state index in [-0.39, 0.29) is 17.9 Å². The molecule has 0 aliphatic rings. The molecule has 1 atom stereocenters. The van der Waals surface area contributed by atoms with Crippen LogP contribution in [0.3, 0.4) is 0 Å². The molecule has 0 saturated heterocycles. The first-order valence-electron chi connectivity index (χ1n) is 10.9. The van der Waals surface area contributed by atoms with Crippen molar-refractivity contribution in [2.75, 3.05) is 0 Å². The minimum Gasteiger partial charge on any atom is -0.361 e. The second-order valence-electron chi connectivity index (χ2n) is 8.04. The van der Waals surface area contributed by atoms with Crippen LogP contribution >= 0.6 is 0 Å². The van der Waals surface area contributed by atoms with Gasteiger partial charge in [0.2, 0.25) is 5.91 Å². The fraction of sp³-hybridized carbons (Fsp3) is 0.222. The number of hydrogen-bond donors (Lipinski definition) is 2. The van der Waals surface area contributed by atoms with Gasteiger partial charge in [0.25, 0.3) is 0 Å².